The largest absolute Gasteiger partial charge is 0.479 e. The number of carbonyl (C=O) groups is 1. The summed E-state index contributed by atoms with van der Waals surface area (Å²) in [5, 5.41) is 8.47. The summed E-state index contributed by atoms with van der Waals surface area (Å²) in [4.78, 5) is 14.0. The molecule has 66 valence electrons. The van der Waals surface area contributed by atoms with Gasteiger partial charge in [0.1, 0.15) is 0 Å². The highest BCUT2D eigenvalue weighted by molar-refractivity contribution is 5.78. The van der Waals surface area contributed by atoms with Crippen LogP contribution in [0.3, 0.4) is 0 Å². The van der Waals surface area contributed by atoms with Crippen molar-refractivity contribution < 1.29 is 18.7 Å². The van der Waals surface area contributed by atoms with E-state index in [2.05, 4.69) is 9.40 Å². The van der Waals surface area contributed by atoms with Crippen LogP contribution in [0.1, 0.15) is 18.4 Å². The number of aliphatic carboxylic acids is 1. The molecule has 4 nitrogen and oxygen atoms in total. The summed E-state index contributed by atoms with van der Waals surface area (Å²) in [6.07, 6.45) is 1.02. The lowest BCUT2D eigenvalue weighted by Crippen LogP contribution is -2.27. The van der Waals surface area contributed by atoms with Crippen molar-refractivity contribution in [1.29, 1.82) is 0 Å². The number of aryl methyl sites for hydroxylation is 1. The summed E-state index contributed by atoms with van der Waals surface area (Å²) in [7, 11) is 0. The molecule has 0 spiro atoms. The highest BCUT2D eigenvalue weighted by Crippen LogP contribution is 2.27. The van der Waals surface area contributed by atoms with E-state index in [0.717, 1.165) is 13.3 Å². The van der Waals surface area contributed by atoms with Gasteiger partial charge < -0.3 is 9.52 Å². The van der Waals surface area contributed by atoms with Crippen molar-refractivity contribution in [3.8, 4) is 0 Å². The Balaban J connectivity index is 3.13. The van der Waals surface area contributed by atoms with E-state index in [-0.39, 0.29) is 11.5 Å². The number of halogens is 1. The fourth-order valence-corrected chi connectivity index (χ4v) is 0.850. The van der Waals surface area contributed by atoms with Crippen molar-refractivity contribution in [3.63, 3.8) is 0 Å². The van der Waals surface area contributed by atoms with Gasteiger partial charge in [0.2, 0.25) is 0 Å². The van der Waals surface area contributed by atoms with Gasteiger partial charge in [-0.05, 0) is 13.8 Å². The normalized spacial score (nSPS) is 15.6. The SMILES string of the molecule is Cc1ncoc1C(C)(F)C(=O)O. The van der Waals surface area contributed by atoms with Crippen LogP contribution in [0.4, 0.5) is 4.39 Å². The summed E-state index contributed by atoms with van der Waals surface area (Å²) in [5.74, 6) is -1.84. The Kier molecular flexibility index (Phi) is 1.87. The molecule has 0 radical (unpaired) electrons. The van der Waals surface area contributed by atoms with Gasteiger partial charge in [0, 0.05) is 0 Å². The number of carboxylic acids is 1. The number of nitrogens with zero attached hydrogens (tertiary/aromatic N) is 1. The van der Waals surface area contributed by atoms with Crippen LogP contribution in [-0.4, -0.2) is 16.1 Å². The van der Waals surface area contributed by atoms with E-state index < -0.39 is 11.6 Å². The third-order valence-electron chi connectivity index (χ3n) is 1.57. The first-order chi connectivity index (χ1) is 5.46. The standard InChI is InChI=1S/C7H8FNO3/c1-4-5(12-3-9-4)7(2,8)6(10)11/h3H,1-2H3,(H,10,11). The number of hydrogen-bond acceptors (Lipinski definition) is 3. The fraction of sp³-hybridized carbons (Fsp3) is 0.429. The van der Waals surface area contributed by atoms with Crippen molar-refractivity contribution >= 4 is 5.97 Å². The minimum atomic E-state index is -2.50. The molecule has 0 saturated carbocycles. The Morgan fingerprint density at radius 2 is 2.42 bits per heavy atom. The quantitative estimate of drug-likeness (QED) is 0.731. The van der Waals surface area contributed by atoms with E-state index in [1.54, 1.807) is 0 Å². The predicted molar refractivity (Wildman–Crippen MR) is 37.3 cm³/mol. The number of aromatic nitrogens is 1. The zero-order chi connectivity index (χ0) is 9.35. The van der Waals surface area contributed by atoms with Gasteiger partial charge in [-0.1, -0.05) is 0 Å². The molecule has 0 aliphatic heterocycles. The molecule has 0 bridgehead atoms. The summed E-state index contributed by atoms with van der Waals surface area (Å²) in [6.45, 7) is 2.41. The Labute approximate surface area is 68.0 Å². The Hall–Kier alpha value is -1.39. The zero-order valence-electron chi connectivity index (χ0n) is 6.67. The molecular weight excluding hydrogens is 165 g/mol. The average molecular weight is 173 g/mol. The predicted octanol–water partition coefficient (Wildman–Crippen LogP) is 1.25. The lowest BCUT2D eigenvalue weighted by atomic mass is 10.1. The monoisotopic (exact) mass is 173 g/mol. The first kappa shape index (κ1) is 8.70. The summed E-state index contributed by atoms with van der Waals surface area (Å²) >= 11 is 0. The minimum absolute atomic E-state index is 0.252. The molecule has 1 unspecified atom stereocenters. The molecule has 1 heterocycles. The van der Waals surface area contributed by atoms with Gasteiger partial charge >= 0.3 is 5.97 Å². The number of oxazole rings is 1. The van der Waals surface area contributed by atoms with Gasteiger partial charge in [0.25, 0.3) is 5.67 Å². The highest BCUT2D eigenvalue weighted by Gasteiger charge is 2.40. The first-order valence-electron chi connectivity index (χ1n) is 3.29. The van der Waals surface area contributed by atoms with Crippen molar-refractivity contribution in [3.05, 3.63) is 17.8 Å². The van der Waals surface area contributed by atoms with Crippen LogP contribution in [0.2, 0.25) is 0 Å². The summed E-state index contributed by atoms with van der Waals surface area (Å²) in [6, 6.07) is 0. The smallest absolute Gasteiger partial charge is 0.349 e. The molecule has 1 aromatic rings. The van der Waals surface area contributed by atoms with E-state index in [9.17, 15) is 9.18 Å². The van der Waals surface area contributed by atoms with Crippen LogP contribution in [-0.2, 0) is 10.5 Å². The Bertz CT molecular complexity index is 305. The first-order valence-corrected chi connectivity index (χ1v) is 3.29. The maximum absolute atomic E-state index is 13.3. The summed E-state index contributed by atoms with van der Waals surface area (Å²) in [5.41, 5.74) is -2.25. The van der Waals surface area contributed by atoms with Crippen LogP contribution in [0, 0.1) is 6.92 Å². The fourth-order valence-electron chi connectivity index (χ4n) is 0.850. The van der Waals surface area contributed by atoms with Crippen molar-refractivity contribution in [2.45, 2.75) is 19.5 Å². The molecule has 12 heavy (non-hydrogen) atoms. The van der Waals surface area contributed by atoms with E-state index in [4.69, 9.17) is 5.11 Å². The molecule has 0 aromatic carbocycles. The number of hydrogen-bond donors (Lipinski definition) is 1. The van der Waals surface area contributed by atoms with Crippen molar-refractivity contribution in [1.82, 2.24) is 4.98 Å². The molecular formula is C7H8FNO3. The highest BCUT2D eigenvalue weighted by atomic mass is 19.1. The van der Waals surface area contributed by atoms with Gasteiger partial charge in [-0.15, -0.1) is 0 Å². The van der Waals surface area contributed by atoms with Crippen LogP contribution in [0.5, 0.6) is 0 Å². The molecule has 0 saturated heterocycles. The molecule has 0 aliphatic rings. The Morgan fingerprint density at radius 3 is 2.75 bits per heavy atom. The summed E-state index contributed by atoms with van der Waals surface area (Å²) < 4.78 is 17.9. The lowest BCUT2D eigenvalue weighted by molar-refractivity contribution is -0.151. The van der Waals surface area contributed by atoms with E-state index in [1.165, 1.54) is 6.92 Å². The molecule has 1 rings (SSSR count). The van der Waals surface area contributed by atoms with E-state index in [1.807, 2.05) is 0 Å². The second-order valence-corrected chi connectivity index (χ2v) is 2.58. The molecule has 0 fully saturated rings. The average Bonchev–Trinajstić information content (AvgIpc) is 2.35. The third kappa shape index (κ3) is 1.17. The third-order valence-corrected chi connectivity index (χ3v) is 1.57. The second-order valence-electron chi connectivity index (χ2n) is 2.58. The molecule has 1 N–H and O–H groups in total. The molecule has 5 heteroatoms. The van der Waals surface area contributed by atoms with Crippen LogP contribution in [0.25, 0.3) is 0 Å². The van der Waals surface area contributed by atoms with E-state index >= 15 is 0 Å². The molecule has 1 aromatic heterocycles. The van der Waals surface area contributed by atoms with Crippen LogP contribution >= 0.6 is 0 Å². The van der Waals surface area contributed by atoms with Gasteiger partial charge in [-0.25, -0.2) is 14.2 Å². The van der Waals surface area contributed by atoms with E-state index in [0.29, 0.717) is 0 Å². The lowest BCUT2D eigenvalue weighted by Gasteiger charge is -2.11. The van der Waals surface area contributed by atoms with Crippen molar-refractivity contribution in [2.75, 3.05) is 0 Å². The second kappa shape index (κ2) is 2.58. The molecule has 1 atom stereocenters. The van der Waals surface area contributed by atoms with Crippen LogP contribution < -0.4 is 0 Å². The molecule has 0 amide bonds. The maximum Gasteiger partial charge on any atom is 0.349 e. The van der Waals surface area contributed by atoms with Gasteiger partial charge in [-0.3, -0.25) is 0 Å². The number of alkyl halides is 1. The van der Waals surface area contributed by atoms with Gasteiger partial charge in [0.15, 0.2) is 12.2 Å². The Morgan fingerprint density at radius 1 is 1.83 bits per heavy atom. The van der Waals surface area contributed by atoms with Gasteiger partial charge in [-0.2, -0.15) is 0 Å². The maximum atomic E-state index is 13.3. The number of rotatable bonds is 2. The zero-order valence-corrected chi connectivity index (χ0v) is 6.67. The topological polar surface area (TPSA) is 63.3 Å². The molecule has 0 aliphatic carbocycles. The van der Waals surface area contributed by atoms with Crippen LogP contribution in [0.15, 0.2) is 10.8 Å². The number of carboxylic acid groups (broad SMARTS) is 1. The minimum Gasteiger partial charge on any atom is -0.479 e. The van der Waals surface area contributed by atoms with Crippen molar-refractivity contribution in [2.24, 2.45) is 0 Å². The van der Waals surface area contributed by atoms with Gasteiger partial charge in [0.05, 0.1) is 5.69 Å².